The van der Waals surface area contributed by atoms with Gasteiger partial charge in [-0.3, -0.25) is 14.6 Å². The molecule has 3 aromatic rings. The number of fused-ring (bicyclic) bond motifs is 2. The molecule has 29 heavy (non-hydrogen) atoms. The van der Waals surface area contributed by atoms with Crippen molar-refractivity contribution in [1.29, 1.82) is 5.26 Å². The predicted molar refractivity (Wildman–Crippen MR) is 110 cm³/mol. The number of amides is 2. The molecule has 2 N–H and O–H groups in total. The van der Waals surface area contributed by atoms with Gasteiger partial charge in [-0.25, -0.2) is 0 Å². The highest BCUT2D eigenvalue weighted by atomic mass is 16.2. The molecule has 2 amide bonds. The summed E-state index contributed by atoms with van der Waals surface area (Å²) in [6, 6.07) is 14.9. The average molecular weight is 384 g/mol. The van der Waals surface area contributed by atoms with Gasteiger partial charge in [-0.05, 0) is 54.2 Å². The summed E-state index contributed by atoms with van der Waals surface area (Å²) >= 11 is 0. The topological polar surface area (TPSA) is 94.9 Å². The Hall–Kier alpha value is -3.72. The third kappa shape index (κ3) is 3.21. The van der Waals surface area contributed by atoms with E-state index in [-0.39, 0.29) is 19.7 Å². The van der Waals surface area contributed by atoms with Crippen molar-refractivity contribution in [2.24, 2.45) is 0 Å². The Bertz CT molecular complexity index is 1210. The summed E-state index contributed by atoms with van der Waals surface area (Å²) in [6.45, 7) is 0. The monoisotopic (exact) mass is 384 g/mol. The smallest absolute Gasteiger partial charge is 0.253 e. The number of aromatic nitrogens is 1. The van der Waals surface area contributed by atoms with Gasteiger partial charge >= 0.3 is 0 Å². The summed E-state index contributed by atoms with van der Waals surface area (Å²) < 4.78 is 0. The summed E-state index contributed by atoms with van der Waals surface area (Å²) in [7, 11) is 0. The minimum atomic E-state index is -0.393. The van der Waals surface area contributed by atoms with Gasteiger partial charge in [-0.1, -0.05) is 18.2 Å². The van der Waals surface area contributed by atoms with Crippen LogP contribution in [0.1, 0.15) is 59.7 Å². The molecule has 1 aromatic heterocycles. The molecule has 2 aliphatic rings. The van der Waals surface area contributed by atoms with Crippen LogP contribution in [0.5, 0.6) is 0 Å². The number of anilines is 1. The summed E-state index contributed by atoms with van der Waals surface area (Å²) in [5.41, 5.74) is 4.49. The number of hydrogen-bond donors (Lipinski definition) is 2. The van der Waals surface area contributed by atoms with E-state index in [2.05, 4.69) is 21.7 Å². The van der Waals surface area contributed by atoms with Crippen LogP contribution in [0.15, 0.2) is 48.7 Å². The van der Waals surface area contributed by atoms with Crippen LogP contribution >= 0.6 is 0 Å². The average Bonchev–Trinajstić information content (AvgIpc) is 3.57. The number of para-hydroxylation sites is 1. The van der Waals surface area contributed by atoms with Gasteiger partial charge < -0.3 is 10.6 Å². The van der Waals surface area contributed by atoms with Gasteiger partial charge in [-0.2, -0.15) is 5.26 Å². The van der Waals surface area contributed by atoms with Crippen molar-refractivity contribution in [3.63, 3.8) is 0 Å². The van der Waals surface area contributed by atoms with E-state index in [4.69, 9.17) is 0 Å². The second-order valence-electron chi connectivity index (χ2n) is 7.61. The molecule has 1 saturated carbocycles. The molecule has 1 unspecified atom stereocenters. The molecule has 0 radical (unpaired) electrons. The number of hydrogen-bond acceptors (Lipinski definition) is 4. The molecule has 2 aromatic carbocycles. The van der Waals surface area contributed by atoms with E-state index in [0.717, 1.165) is 40.6 Å². The molecule has 1 aliphatic heterocycles. The molecule has 0 spiro atoms. The maximum absolute atomic E-state index is 12.9. The van der Waals surface area contributed by atoms with Crippen molar-refractivity contribution < 1.29 is 11.0 Å². The zero-order valence-electron chi connectivity index (χ0n) is 15.6. The molecular weight excluding hydrogens is 364 g/mol. The minimum absolute atomic E-state index is 0. The Morgan fingerprint density at radius 2 is 2.03 bits per heavy atom. The zero-order valence-corrected chi connectivity index (χ0v) is 15.6. The third-order valence-corrected chi connectivity index (χ3v) is 5.56. The van der Waals surface area contributed by atoms with Gasteiger partial charge in [0.25, 0.3) is 5.91 Å². The van der Waals surface area contributed by atoms with Crippen LogP contribution in [0.4, 0.5) is 5.69 Å². The first kappa shape index (κ1) is 17.4. The number of carbonyl (C=O) groups is 2. The maximum atomic E-state index is 12.9. The van der Waals surface area contributed by atoms with E-state index in [1.165, 1.54) is 0 Å². The van der Waals surface area contributed by atoms with Crippen LogP contribution in [0.2, 0.25) is 0 Å². The first-order chi connectivity index (χ1) is 14.1. The molecule has 1 fully saturated rings. The minimum Gasteiger partial charge on any atom is -0.345 e. The maximum Gasteiger partial charge on any atom is 0.253 e. The highest BCUT2D eigenvalue weighted by Gasteiger charge is 2.28. The standard InChI is InChI=1S/C23H18N4O2.H2/c24-11-15-7-14-8-16(12-25-20(14)9-18(15)13-5-6-13)23(29)27-21-10-22(28)26-19-4-2-1-3-17(19)21;/h1-4,7-9,12-13,21H,5-6,10H2,(H,26,28)(H,27,29);1H. The summed E-state index contributed by atoms with van der Waals surface area (Å²) in [5.74, 6) is 0.0342. The van der Waals surface area contributed by atoms with Crippen LogP contribution in [0.25, 0.3) is 10.9 Å². The Kier molecular flexibility index (Phi) is 4.02. The Balaban J connectivity index is 0.00000218. The van der Waals surface area contributed by atoms with Gasteiger partial charge in [0.2, 0.25) is 5.91 Å². The molecule has 0 bridgehead atoms. The van der Waals surface area contributed by atoms with Gasteiger partial charge in [0.1, 0.15) is 0 Å². The lowest BCUT2D eigenvalue weighted by Crippen LogP contribution is -2.35. The van der Waals surface area contributed by atoms with Gasteiger partial charge in [0, 0.05) is 18.7 Å². The fraction of sp³-hybridized carbons (Fsp3) is 0.217. The van der Waals surface area contributed by atoms with Crippen molar-refractivity contribution in [3.05, 3.63) is 70.9 Å². The van der Waals surface area contributed by atoms with Gasteiger partial charge in [0.05, 0.1) is 35.2 Å². The van der Waals surface area contributed by atoms with E-state index < -0.39 is 6.04 Å². The predicted octanol–water partition coefficient (Wildman–Crippen LogP) is 4.04. The number of nitrogens with zero attached hydrogens (tertiary/aromatic N) is 2. The number of pyridine rings is 1. The van der Waals surface area contributed by atoms with Crippen molar-refractivity contribution >= 4 is 28.4 Å². The number of rotatable bonds is 3. The number of benzene rings is 2. The molecule has 1 atom stereocenters. The van der Waals surface area contributed by atoms with Crippen LogP contribution in [-0.4, -0.2) is 16.8 Å². The van der Waals surface area contributed by atoms with E-state index in [0.29, 0.717) is 17.0 Å². The highest BCUT2D eigenvalue weighted by Crippen LogP contribution is 2.42. The van der Waals surface area contributed by atoms with Crippen molar-refractivity contribution in [3.8, 4) is 6.07 Å². The Morgan fingerprint density at radius 1 is 1.21 bits per heavy atom. The quantitative estimate of drug-likeness (QED) is 0.712. The summed E-state index contributed by atoms with van der Waals surface area (Å²) in [5, 5.41) is 16.0. The van der Waals surface area contributed by atoms with Crippen molar-refractivity contribution in [2.45, 2.75) is 31.2 Å². The highest BCUT2D eigenvalue weighted by molar-refractivity contribution is 6.00. The lowest BCUT2D eigenvalue weighted by molar-refractivity contribution is -0.116. The first-order valence-corrected chi connectivity index (χ1v) is 9.66. The number of carbonyl (C=O) groups excluding carboxylic acids is 2. The fourth-order valence-corrected chi connectivity index (χ4v) is 3.93. The number of nitrogens with one attached hydrogen (secondary N) is 2. The van der Waals surface area contributed by atoms with Gasteiger partial charge in [-0.15, -0.1) is 0 Å². The second-order valence-corrected chi connectivity index (χ2v) is 7.61. The van der Waals surface area contributed by atoms with Crippen LogP contribution < -0.4 is 10.6 Å². The molecular formula is C23H20N4O2. The SMILES string of the molecule is N#Cc1cc2cc(C(=O)NC3CC(=O)Nc4ccccc43)cnc2cc1C1CC1.[HH]. The van der Waals surface area contributed by atoms with Crippen molar-refractivity contribution in [2.75, 3.05) is 5.32 Å². The fourth-order valence-electron chi connectivity index (χ4n) is 3.93. The summed E-state index contributed by atoms with van der Waals surface area (Å²) in [4.78, 5) is 29.3. The first-order valence-electron chi connectivity index (χ1n) is 9.66. The molecule has 6 nitrogen and oxygen atoms in total. The third-order valence-electron chi connectivity index (χ3n) is 5.56. The Morgan fingerprint density at radius 3 is 2.83 bits per heavy atom. The Labute approximate surface area is 169 Å². The lowest BCUT2D eigenvalue weighted by atomic mass is 9.97. The molecule has 0 saturated heterocycles. The van der Waals surface area contributed by atoms with Crippen LogP contribution in [0, 0.1) is 11.3 Å². The lowest BCUT2D eigenvalue weighted by Gasteiger charge is -2.26. The van der Waals surface area contributed by atoms with E-state index in [9.17, 15) is 14.9 Å². The number of nitriles is 1. The largest absolute Gasteiger partial charge is 0.345 e. The normalized spacial score (nSPS) is 17.9. The van der Waals surface area contributed by atoms with E-state index >= 15 is 0 Å². The van der Waals surface area contributed by atoms with E-state index in [1.807, 2.05) is 36.4 Å². The van der Waals surface area contributed by atoms with Crippen molar-refractivity contribution in [1.82, 2.24) is 10.3 Å². The summed E-state index contributed by atoms with van der Waals surface area (Å²) in [6.07, 6.45) is 3.95. The molecule has 6 heteroatoms. The molecule has 5 rings (SSSR count). The van der Waals surface area contributed by atoms with E-state index in [1.54, 1.807) is 12.3 Å². The molecule has 1 aliphatic carbocycles. The van der Waals surface area contributed by atoms with Crippen LogP contribution in [-0.2, 0) is 4.79 Å². The zero-order chi connectivity index (χ0) is 20.0. The molecule has 144 valence electrons. The van der Waals surface area contributed by atoms with Gasteiger partial charge in [0.15, 0.2) is 0 Å². The second kappa shape index (κ2) is 6.71. The molecule has 2 heterocycles. The van der Waals surface area contributed by atoms with Crippen LogP contribution in [0.3, 0.4) is 0 Å².